The van der Waals surface area contributed by atoms with Gasteiger partial charge in [0.1, 0.15) is 11.8 Å². The molecule has 1 aromatic rings. The topological polar surface area (TPSA) is 72.5 Å². The zero-order valence-electron chi connectivity index (χ0n) is 7.93. The summed E-state index contributed by atoms with van der Waals surface area (Å²) in [6, 6.07) is 6.33. The van der Waals surface area contributed by atoms with Crippen LogP contribution in [0.15, 0.2) is 24.3 Å². The molecular weight excluding hydrogens is 182 g/mol. The third kappa shape index (κ3) is 2.74. The Kier molecular flexibility index (Phi) is 3.48. The highest BCUT2D eigenvalue weighted by molar-refractivity contribution is 5.73. The second-order valence-corrected chi connectivity index (χ2v) is 3.00. The van der Waals surface area contributed by atoms with E-state index in [4.69, 9.17) is 15.6 Å². The van der Waals surface area contributed by atoms with Crippen LogP contribution in [0.2, 0.25) is 0 Å². The molecule has 4 nitrogen and oxygen atoms in total. The molecular formula is C10H13NO3. The second kappa shape index (κ2) is 4.62. The first-order valence-electron chi connectivity index (χ1n) is 4.25. The van der Waals surface area contributed by atoms with E-state index in [1.807, 2.05) is 12.1 Å². The minimum atomic E-state index is -0.985. The lowest BCUT2D eigenvalue weighted by atomic mass is 10.1. The number of benzene rings is 1. The van der Waals surface area contributed by atoms with Gasteiger partial charge in [-0.05, 0) is 24.1 Å². The molecule has 0 fully saturated rings. The van der Waals surface area contributed by atoms with E-state index in [9.17, 15) is 4.79 Å². The van der Waals surface area contributed by atoms with E-state index in [0.717, 1.165) is 11.3 Å². The van der Waals surface area contributed by atoms with Crippen molar-refractivity contribution in [3.05, 3.63) is 29.8 Å². The smallest absolute Gasteiger partial charge is 0.320 e. The van der Waals surface area contributed by atoms with Gasteiger partial charge in [-0.1, -0.05) is 12.1 Å². The predicted octanol–water partition coefficient (Wildman–Crippen LogP) is 0.650. The summed E-state index contributed by atoms with van der Waals surface area (Å²) in [6.45, 7) is 0. The number of methoxy groups -OCH3 is 1. The maximum Gasteiger partial charge on any atom is 0.320 e. The summed E-state index contributed by atoms with van der Waals surface area (Å²) in [4.78, 5) is 10.5. The van der Waals surface area contributed by atoms with E-state index in [1.165, 1.54) is 0 Å². The van der Waals surface area contributed by atoms with Crippen LogP contribution < -0.4 is 10.5 Å². The lowest BCUT2D eigenvalue weighted by Crippen LogP contribution is -2.32. The SMILES string of the molecule is COc1ccc(C[C@H](N)C(=O)O)cc1. The molecule has 0 spiro atoms. The highest BCUT2D eigenvalue weighted by atomic mass is 16.5. The maximum absolute atomic E-state index is 10.5. The fourth-order valence-corrected chi connectivity index (χ4v) is 1.10. The molecule has 1 atom stereocenters. The van der Waals surface area contributed by atoms with Crippen molar-refractivity contribution < 1.29 is 14.6 Å². The van der Waals surface area contributed by atoms with Crippen molar-refractivity contribution in [2.24, 2.45) is 5.73 Å². The molecule has 0 aliphatic heterocycles. The molecule has 0 saturated heterocycles. The number of nitrogens with two attached hydrogens (primary N) is 1. The third-order valence-corrected chi connectivity index (χ3v) is 1.93. The van der Waals surface area contributed by atoms with Gasteiger partial charge >= 0.3 is 5.97 Å². The van der Waals surface area contributed by atoms with Gasteiger partial charge in [0, 0.05) is 0 Å². The molecule has 0 radical (unpaired) electrons. The van der Waals surface area contributed by atoms with Gasteiger partial charge in [-0.3, -0.25) is 4.79 Å². The van der Waals surface area contributed by atoms with Gasteiger partial charge in [0.05, 0.1) is 7.11 Å². The number of carboxylic acid groups (broad SMARTS) is 1. The summed E-state index contributed by atoms with van der Waals surface area (Å²) in [7, 11) is 1.58. The first kappa shape index (κ1) is 10.5. The molecule has 14 heavy (non-hydrogen) atoms. The van der Waals surface area contributed by atoms with Crippen molar-refractivity contribution in [1.29, 1.82) is 0 Å². The Morgan fingerprint density at radius 1 is 1.50 bits per heavy atom. The van der Waals surface area contributed by atoms with Crippen LogP contribution in [-0.2, 0) is 11.2 Å². The molecule has 0 amide bonds. The van der Waals surface area contributed by atoms with Crippen LogP contribution >= 0.6 is 0 Å². The minimum absolute atomic E-state index is 0.333. The average molecular weight is 195 g/mol. The monoisotopic (exact) mass is 195 g/mol. The second-order valence-electron chi connectivity index (χ2n) is 3.00. The molecule has 3 N–H and O–H groups in total. The molecule has 0 heterocycles. The van der Waals surface area contributed by atoms with E-state index in [1.54, 1.807) is 19.2 Å². The Bertz CT molecular complexity index is 308. The standard InChI is InChI=1S/C10H13NO3/c1-14-8-4-2-7(3-5-8)6-9(11)10(12)13/h2-5,9H,6,11H2,1H3,(H,12,13)/t9-/m0/s1. The molecule has 1 aromatic carbocycles. The summed E-state index contributed by atoms with van der Waals surface area (Å²) in [5, 5.41) is 8.59. The molecule has 0 aliphatic carbocycles. The number of hydrogen-bond donors (Lipinski definition) is 2. The van der Waals surface area contributed by atoms with Crippen molar-refractivity contribution in [3.8, 4) is 5.75 Å². The molecule has 0 aromatic heterocycles. The van der Waals surface area contributed by atoms with Gasteiger partial charge in [0.25, 0.3) is 0 Å². The number of carboxylic acids is 1. The molecule has 0 unspecified atom stereocenters. The number of aliphatic carboxylic acids is 1. The Hall–Kier alpha value is -1.55. The quantitative estimate of drug-likeness (QED) is 0.739. The van der Waals surface area contributed by atoms with Crippen molar-refractivity contribution in [3.63, 3.8) is 0 Å². The van der Waals surface area contributed by atoms with Crippen LogP contribution in [0.4, 0.5) is 0 Å². The summed E-state index contributed by atoms with van der Waals surface area (Å²) < 4.78 is 4.97. The predicted molar refractivity (Wildman–Crippen MR) is 52.3 cm³/mol. The van der Waals surface area contributed by atoms with E-state index < -0.39 is 12.0 Å². The normalized spacial score (nSPS) is 12.1. The van der Waals surface area contributed by atoms with E-state index >= 15 is 0 Å². The van der Waals surface area contributed by atoms with E-state index in [-0.39, 0.29) is 0 Å². The first-order valence-corrected chi connectivity index (χ1v) is 4.25. The minimum Gasteiger partial charge on any atom is -0.497 e. The number of carbonyl (C=O) groups is 1. The molecule has 0 bridgehead atoms. The summed E-state index contributed by atoms with van der Waals surface area (Å²) in [5.41, 5.74) is 6.28. The van der Waals surface area contributed by atoms with Gasteiger partial charge in [0.15, 0.2) is 0 Å². The van der Waals surface area contributed by atoms with Gasteiger partial charge in [-0.25, -0.2) is 0 Å². The van der Waals surface area contributed by atoms with Gasteiger partial charge in [-0.2, -0.15) is 0 Å². The van der Waals surface area contributed by atoms with Crippen molar-refractivity contribution in [1.82, 2.24) is 0 Å². The largest absolute Gasteiger partial charge is 0.497 e. The van der Waals surface area contributed by atoms with Crippen molar-refractivity contribution >= 4 is 5.97 Å². The first-order chi connectivity index (χ1) is 6.63. The number of ether oxygens (including phenoxy) is 1. The average Bonchev–Trinajstić information content (AvgIpc) is 2.19. The molecule has 0 saturated carbocycles. The number of rotatable bonds is 4. The summed E-state index contributed by atoms with van der Waals surface area (Å²) in [6.07, 6.45) is 0.333. The van der Waals surface area contributed by atoms with Crippen LogP contribution in [0.3, 0.4) is 0 Å². The maximum atomic E-state index is 10.5. The summed E-state index contributed by atoms with van der Waals surface area (Å²) >= 11 is 0. The summed E-state index contributed by atoms with van der Waals surface area (Å²) in [5.74, 6) is -0.238. The van der Waals surface area contributed by atoms with E-state index in [0.29, 0.717) is 6.42 Å². The Morgan fingerprint density at radius 3 is 2.50 bits per heavy atom. The van der Waals surface area contributed by atoms with Gasteiger partial charge < -0.3 is 15.6 Å². The highest BCUT2D eigenvalue weighted by Gasteiger charge is 2.11. The lowest BCUT2D eigenvalue weighted by Gasteiger charge is -2.06. The fourth-order valence-electron chi connectivity index (χ4n) is 1.10. The Balaban J connectivity index is 2.64. The zero-order valence-corrected chi connectivity index (χ0v) is 7.93. The van der Waals surface area contributed by atoms with Gasteiger partial charge in [0.2, 0.25) is 0 Å². The molecule has 4 heteroatoms. The van der Waals surface area contributed by atoms with Crippen molar-refractivity contribution in [2.45, 2.75) is 12.5 Å². The van der Waals surface area contributed by atoms with Crippen LogP contribution in [0.5, 0.6) is 5.75 Å². The van der Waals surface area contributed by atoms with Crippen LogP contribution in [0, 0.1) is 0 Å². The molecule has 1 rings (SSSR count). The van der Waals surface area contributed by atoms with Crippen LogP contribution in [0.1, 0.15) is 5.56 Å². The zero-order chi connectivity index (χ0) is 10.6. The molecule has 0 aliphatic rings. The van der Waals surface area contributed by atoms with E-state index in [2.05, 4.69) is 0 Å². The Morgan fingerprint density at radius 2 is 2.07 bits per heavy atom. The van der Waals surface area contributed by atoms with Crippen LogP contribution in [0.25, 0.3) is 0 Å². The highest BCUT2D eigenvalue weighted by Crippen LogP contribution is 2.12. The molecule has 76 valence electrons. The fraction of sp³-hybridized carbons (Fsp3) is 0.300. The number of hydrogen-bond acceptors (Lipinski definition) is 3. The van der Waals surface area contributed by atoms with Gasteiger partial charge in [-0.15, -0.1) is 0 Å². The lowest BCUT2D eigenvalue weighted by molar-refractivity contribution is -0.138. The van der Waals surface area contributed by atoms with Crippen LogP contribution in [-0.4, -0.2) is 24.2 Å². The third-order valence-electron chi connectivity index (χ3n) is 1.93. The Labute approximate surface area is 82.3 Å². The van der Waals surface area contributed by atoms with Crippen molar-refractivity contribution in [2.75, 3.05) is 7.11 Å².